The van der Waals surface area contributed by atoms with Crippen molar-refractivity contribution in [3.05, 3.63) is 28.9 Å². The Morgan fingerprint density at radius 1 is 1.57 bits per heavy atom. The molecule has 0 amide bonds. The van der Waals surface area contributed by atoms with Crippen molar-refractivity contribution in [1.82, 2.24) is 4.98 Å². The Bertz CT molecular complexity index is 442. The van der Waals surface area contributed by atoms with E-state index in [2.05, 4.69) is 4.98 Å². The largest absolute Gasteiger partial charge is 0.439 e. The van der Waals surface area contributed by atoms with Gasteiger partial charge in [-0.1, -0.05) is 11.6 Å². The molecule has 1 aromatic carbocycles. The Morgan fingerprint density at radius 3 is 2.93 bits per heavy atom. The van der Waals surface area contributed by atoms with Crippen LogP contribution in [0.5, 0.6) is 0 Å². The summed E-state index contributed by atoms with van der Waals surface area (Å²) in [5.74, 6) is -0.145. The first-order valence-electron chi connectivity index (χ1n) is 4.09. The number of hydrogen-bond acceptors (Lipinski definition) is 3. The Labute approximate surface area is 84.7 Å². The molecule has 0 bridgehead atoms. The average molecular weight is 215 g/mol. The molecule has 2 rings (SSSR count). The summed E-state index contributed by atoms with van der Waals surface area (Å²) in [5.41, 5.74) is 6.45. The maximum Gasteiger partial charge on any atom is 0.212 e. The number of nitrogens with zero attached hydrogens (tertiary/aromatic N) is 1. The smallest absolute Gasteiger partial charge is 0.212 e. The van der Waals surface area contributed by atoms with E-state index in [1.165, 1.54) is 12.1 Å². The summed E-state index contributed by atoms with van der Waals surface area (Å²) in [6.07, 6.45) is 0. The quantitative estimate of drug-likeness (QED) is 0.794. The molecule has 1 aromatic heterocycles. The fourth-order valence-corrected chi connectivity index (χ4v) is 1.29. The topological polar surface area (TPSA) is 52.0 Å². The average Bonchev–Trinajstić information content (AvgIpc) is 2.48. The van der Waals surface area contributed by atoms with Crippen molar-refractivity contribution in [2.24, 2.45) is 5.73 Å². The monoisotopic (exact) mass is 214 g/mol. The molecule has 0 fully saturated rings. The van der Waals surface area contributed by atoms with Crippen molar-refractivity contribution < 1.29 is 8.81 Å². The highest BCUT2D eigenvalue weighted by Crippen LogP contribution is 2.24. The van der Waals surface area contributed by atoms with E-state index in [9.17, 15) is 4.39 Å². The first kappa shape index (κ1) is 9.43. The third-order valence-electron chi connectivity index (χ3n) is 1.84. The van der Waals surface area contributed by atoms with Gasteiger partial charge in [0.15, 0.2) is 5.58 Å². The second kappa shape index (κ2) is 3.22. The summed E-state index contributed by atoms with van der Waals surface area (Å²) in [4.78, 5) is 4.07. The van der Waals surface area contributed by atoms with Gasteiger partial charge in [-0.25, -0.2) is 9.37 Å². The number of nitrogens with two attached hydrogens (primary N) is 1. The normalized spacial score (nSPS) is 13.4. The molecular formula is C9H8ClFN2O. The van der Waals surface area contributed by atoms with Crippen LogP contribution in [-0.2, 0) is 0 Å². The Kier molecular flexibility index (Phi) is 2.17. The van der Waals surface area contributed by atoms with Crippen LogP contribution in [0.2, 0.25) is 5.02 Å². The predicted molar refractivity (Wildman–Crippen MR) is 51.6 cm³/mol. The first-order valence-corrected chi connectivity index (χ1v) is 4.47. The van der Waals surface area contributed by atoms with Gasteiger partial charge in [-0.15, -0.1) is 0 Å². The minimum Gasteiger partial charge on any atom is -0.439 e. The molecule has 14 heavy (non-hydrogen) atoms. The van der Waals surface area contributed by atoms with Crippen molar-refractivity contribution in [1.29, 1.82) is 0 Å². The number of fused-ring (bicyclic) bond motifs is 1. The van der Waals surface area contributed by atoms with Gasteiger partial charge in [0.05, 0.1) is 11.1 Å². The number of oxazole rings is 1. The van der Waals surface area contributed by atoms with E-state index in [1.807, 2.05) is 0 Å². The standard InChI is InChI=1S/C9H8ClFN2O/c1-4(12)9-13-7-2-5(10)6(11)3-8(7)14-9/h2-4H,12H2,1H3. The minimum absolute atomic E-state index is 0.0297. The summed E-state index contributed by atoms with van der Waals surface area (Å²) in [7, 11) is 0. The third-order valence-corrected chi connectivity index (χ3v) is 2.13. The summed E-state index contributed by atoms with van der Waals surface area (Å²) in [5, 5.41) is 0.0297. The highest BCUT2D eigenvalue weighted by Gasteiger charge is 2.11. The molecule has 0 aliphatic heterocycles. The van der Waals surface area contributed by atoms with E-state index >= 15 is 0 Å². The fourth-order valence-electron chi connectivity index (χ4n) is 1.14. The summed E-state index contributed by atoms with van der Waals surface area (Å²) in [6.45, 7) is 1.74. The Balaban J connectivity index is 2.66. The lowest BCUT2D eigenvalue weighted by molar-refractivity contribution is 0.491. The van der Waals surface area contributed by atoms with Crippen molar-refractivity contribution >= 4 is 22.7 Å². The van der Waals surface area contributed by atoms with Crippen LogP contribution in [0.25, 0.3) is 11.1 Å². The number of benzene rings is 1. The molecule has 0 radical (unpaired) electrons. The second-order valence-corrected chi connectivity index (χ2v) is 3.48. The van der Waals surface area contributed by atoms with Gasteiger partial charge >= 0.3 is 0 Å². The molecule has 1 unspecified atom stereocenters. The lowest BCUT2D eigenvalue weighted by atomic mass is 10.3. The molecule has 0 aliphatic rings. The lowest BCUT2D eigenvalue weighted by Crippen LogP contribution is -2.04. The van der Waals surface area contributed by atoms with Gasteiger partial charge in [-0.05, 0) is 13.0 Å². The molecule has 1 heterocycles. The predicted octanol–water partition coefficient (Wildman–Crippen LogP) is 2.64. The molecule has 3 nitrogen and oxygen atoms in total. The zero-order chi connectivity index (χ0) is 10.3. The minimum atomic E-state index is -0.522. The summed E-state index contributed by atoms with van der Waals surface area (Å²) in [6, 6.07) is 2.31. The van der Waals surface area contributed by atoms with E-state index in [4.69, 9.17) is 21.8 Å². The maximum absolute atomic E-state index is 13.0. The highest BCUT2D eigenvalue weighted by molar-refractivity contribution is 6.31. The van der Waals surface area contributed by atoms with Gasteiger partial charge in [0.1, 0.15) is 11.3 Å². The number of hydrogen-bond donors (Lipinski definition) is 1. The first-order chi connectivity index (χ1) is 6.58. The Morgan fingerprint density at radius 2 is 2.29 bits per heavy atom. The van der Waals surface area contributed by atoms with Crippen molar-refractivity contribution in [2.45, 2.75) is 13.0 Å². The molecule has 2 aromatic rings. The van der Waals surface area contributed by atoms with Gasteiger partial charge in [0.25, 0.3) is 0 Å². The maximum atomic E-state index is 13.0. The highest BCUT2D eigenvalue weighted by atomic mass is 35.5. The lowest BCUT2D eigenvalue weighted by Gasteiger charge is -1.94. The fraction of sp³-hybridized carbons (Fsp3) is 0.222. The van der Waals surface area contributed by atoms with Crippen LogP contribution in [0.15, 0.2) is 16.5 Å². The molecule has 5 heteroatoms. The van der Waals surface area contributed by atoms with Gasteiger partial charge in [0.2, 0.25) is 5.89 Å². The van der Waals surface area contributed by atoms with Gasteiger partial charge in [0, 0.05) is 6.07 Å². The number of halogens is 2. The van der Waals surface area contributed by atoms with Crippen LogP contribution in [0.3, 0.4) is 0 Å². The van der Waals surface area contributed by atoms with E-state index in [1.54, 1.807) is 6.92 Å². The van der Waals surface area contributed by atoms with E-state index in [0.717, 1.165) is 0 Å². The SMILES string of the molecule is CC(N)c1nc2cc(Cl)c(F)cc2o1. The van der Waals surface area contributed by atoms with Crippen LogP contribution in [-0.4, -0.2) is 4.98 Å². The molecule has 0 spiro atoms. The van der Waals surface area contributed by atoms with E-state index < -0.39 is 5.82 Å². The molecule has 74 valence electrons. The number of rotatable bonds is 1. The zero-order valence-corrected chi connectivity index (χ0v) is 8.18. The number of aromatic nitrogens is 1. The van der Waals surface area contributed by atoms with Crippen LogP contribution in [0, 0.1) is 5.82 Å². The molecule has 0 saturated carbocycles. The molecule has 0 saturated heterocycles. The zero-order valence-electron chi connectivity index (χ0n) is 7.42. The Hall–Kier alpha value is -1.13. The van der Waals surface area contributed by atoms with Crippen LogP contribution >= 0.6 is 11.6 Å². The van der Waals surface area contributed by atoms with Gasteiger partial charge < -0.3 is 10.2 Å². The molecular weight excluding hydrogens is 207 g/mol. The van der Waals surface area contributed by atoms with Crippen LogP contribution < -0.4 is 5.73 Å². The van der Waals surface area contributed by atoms with E-state index in [0.29, 0.717) is 17.0 Å². The summed E-state index contributed by atoms with van der Waals surface area (Å²) < 4.78 is 18.2. The van der Waals surface area contributed by atoms with Crippen LogP contribution in [0.1, 0.15) is 18.9 Å². The third kappa shape index (κ3) is 1.47. The summed E-state index contributed by atoms with van der Waals surface area (Å²) >= 11 is 5.59. The van der Waals surface area contributed by atoms with E-state index in [-0.39, 0.29) is 11.1 Å². The van der Waals surface area contributed by atoms with Crippen molar-refractivity contribution in [3.63, 3.8) is 0 Å². The molecule has 2 N–H and O–H groups in total. The van der Waals surface area contributed by atoms with Crippen molar-refractivity contribution in [3.8, 4) is 0 Å². The van der Waals surface area contributed by atoms with Crippen LogP contribution in [0.4, 0.5) is 4.39 Å². The van der Waals surface area contributed by atoms with Gasteiger partial charge in [-0.2, -0.15) is 0 Å². The van der Waals surface area contributed by atoms with Gasteiger partial charge in [-0.3, -0.25) is 0 Å². The molecule has 0 aliphatic carbocycles. The van der Waals surface area contributed by atoms with Crippen molar-refractivity contribution in [2.75, 3.05) is 0 Å². The second-order valence-electron chi connectivity index (χ2n) is 3.07. The molecule has 1 atom stereocenters.